The number of benzene rings is 1. The molecular formula is C7H8N3O4P. The first kappa shape index (κ1) is 10.1. The third-order valence-electron chi connectivity index (χ3n) is 1.71. The molecule has 0 aliphatic heterocycles. The van der Waals surface area contributed by atoms with E-state index in [4.69, 9.17) is 10.00 Å². The van der Waals surface area contributed by atoms with Crippen LogP contribution >= 0.6 is 7.60 Å². The van der Waals surface area contributed by atoms with Crippen molar-refractivity contribution >= 4 is 18.6 Å². The lowest BCUT2D eigenvalue weighted by molar-refractivity contribution is 0.183. The van der Waals surface area contributed by atoms with Gasteiger partial charge in [-0.1, -0.05) is 17.0 Å². The molecule has 8 heteroatoms. The second-order valence-corrected chi connectivity index (χ2v) is 4.53. The first-order chi connectivity index (χ1) is 7.12. The molecule has 2 N–H and O–H groups in total. The summed E-state index contributed by atoms with van der Waals surface area (Å²) < 4.78 is 15.7. The molecule has 0 spiro atoms. The van der Waals surface area contributed by atoms with Gasteiger partial charge < -0.3 is 14.6 Å². The molecule has 0 saturated heterocycles. The Labute approximate surface area is 84.4 Å². The van der Waals surface area contributed by atoms with E-state index in [2.05, 4.69) is 14.9 Å². The molecule has 80 valence electrons. The van der Waals surface area contributed by atoms with Gasteiger partial charge in [0.1, 0.15) is 11.0 Å². The van der Waals surface area contributed by atoms with Crippen molar-refractivity contribution in [3.63, 3.8) is 0 Å². The number of para-hydroxylation sites is 1. The van der Waals surface area contributed by atoms with Crippen molar-refractivity contribution in [1.29, 1.82) is 0 Å². The van der Waals surface area contributed by atoms with Crippen molar-refractivity contribution in [1.82, 2.24) is 15.2 Å². The highest BCUT2D eigenvalue weighted by Crippen LogP contribution is 2.36. The molecule has 0 saturated carbocycles. The minimum atomic E-state index is -4.05. The molecule has 1 aromatic heterocycles. The third-order valence-corrected chi connectivity index (χ3v) is 2.47. The van der Waals surface area contributed by atoms with Gasteiger partial charge in [-0.2, -0.15) is 0 Å². The summed E-state index contributed by atoms with van der Waals surface area (Å²) in [5.74, 6) is 0. The van der Waals surface area contributed by atoms with Crippen molar-refractivity contribution in [2.24, 2.45) is 0 Å². The highest BCUT2D eigenvalue weighted by molar-refractivity contribution is 7.52. The molecule has 2 aromatic rings. The smallest absolute Gasteiger partial charge is 0.382 e. The van der Waals surface area contributed by atoms with Gasteiger partial charge >= 0.3 is 7.60 Å². The summed E-state index contributed by atoms with van der Waals surface area (Å²) in [4.78, 5) is 9.87. The second-order valence-electron chi connectivity index (χ2n) is 2.81. The summed E-state index contributed by atoms with van der Waals surface area (Å²) in [6, 6.07) is 6.79. The monoisotopic (exact) mass is 229 g/mol. The lowest BCUT2D eigenvalue weighted by Gasteiger charge is -2.08. The standard InChI is InChI=1S/C7H8N3O4P/c11-5-15(12,13)14-10-7-4-2-1-3-6(7)8-9-10/h1-4,11H,5H2,(H,12,13). The Kier molecular flexibility index (Phi) is 2.44. The van der Waals surface area contributed by atoms with Crippen LogP contribution in [0.25, 0.3) is 11.0 Å². The third kappa shape index (κ3) is 1.99. The summed E-state index contributed by atoms with van der Waals surface area (Å²) in [6.45, 7) is 0. The van der Waals surface area contributed by atoms with E-state index < -0.39 is 13.9 Å². The highest BCUT2D eigenvalue weighted by atomic mass is 31.2. The zero-order valence-electron chi connectivity index (χ0n) is 7.52. The van der Waals surface area contributed by atoms with E-state index in [0.717, 1.165) is 4.85 Å². The number of fused-ring (bicyclic) bond motifs is 1. The van der Waals surface area contributed by atoms with E-state index in [1.165, 1.54) is 0 Å². The fourth-order valence-electron chi connectivity index (χ4n) is 1.05. The maximum absolute atomic E-state index is 11.1. The summed E-state index contributed by atoms with van der Waals surface area (Å²) in [6.07, 6.45) is -0.971. The summed E-state index contributed by atoms with van der Waals surface area (Å²) >= 11 is 0. The molecule has 0 radical (unpaired) electrons. The van der Waals surface area contributed by atoms with Crippen molar-refractivity contribution in [2.75, 3.05) is 6.35 Å². The van der Waals surface area contributed by atoms with Crippen molar-refractivity contribution in [3.8, 4) is 0 Å². The SMILES string of the molecule is O=P(O)(CO)On1nnc2ccccc21. The Morgan fingerprint density at radius 2 is 2.20 bits per heavy atom. The van der Waals surface area contributed by atoms with E-state index in [1.807, 2.05) is 0 Å². The molecule has 1 unspecified atom stereocenters. The van der Waals surface area contributed by atoms with Crippen LogP contribution in [-0.2, 0) is 4.57 Å². The largest absolute Gasteiger partial charge is 0.422 e. The van der Waals surface area contributed by atoms with Crippen molar-refractivity contribution < 1.29 is 19.2 Å². The van der Waals surface area contributed by atoms with Crippen LogP contribution in [0.15, 0.2) is 24.3 Å². The van der Waals surface area contributed by atoms with Crippen molar-refractivity contribution in [2.45, 2.75) is 0 Å². The Bertz CT molecular complexity index is 526. The van der Waals surface area contributed by atoms with Crippen LogP contribution in [0.1, 0.15) is 0 Å². The lowest BCUT2D eigenvalue weighted by Crippen LogP contribution is -2.12. The van der Waals surface area contributed by atoms with Crippen LogP contribution in [0.5, 0.6) is 0 Å². The Morgan fingerprint density at radius 1 is 1.47 bits per heavy atom. The van der Waals surface area contributed by atoms with Gasteiger partial charge in [-0.3, -0.25) is 0 Å². The predicted molar refractivity (Wildman–Crippen MR) is 51.0 cm³/mol. The molecule has 0 amide bonds. The maximum Gasteiger partial charge on any atom is 0.422 e. The molecule has 1 atom stereocenters. The summed E-state index contributed by atoms with van der Waals surface area (Å²) in [5.41, 5.74) is 0.996. The summed E-state index contributed by atoms with van der Waals surface area (Å²) in [7, 11) is -4.05. The Morgan fingerprint density at radius 3 is 2.93 bits per heavy atom. The van der Waals surface area contributed by atoms with Crippen LogP contribution in [-0.4, -0.2) is 31.5 Å². The molecule has 1 heterocycles. The van der Waals surface area contributed by atoms with Crippen molar-refractivity contribution in [3.05, 3.63) is 24.3 Å². The van der Waals surface area contributed by atoms with Gasteiger partial charge in [0, 0.05) is 0 Å². The van der Waals surface area contributed by atoms with Crippen LogP contribution in [0.3, 0.4) is 0 Å². The molecule has 0 aliphatic rings. The first-order valence-electron chi connectivity index (χ1n) is 4.05. The Balaban J connectivity index is 2.41. The van der Waals surface area contributed by atoms with Gasteiger partial charge in [-0.15, -0.1) is 5.10 Å². The second kappa shape index (κ2) is 3.62. The number of rotatable bonds is 3. The average molecular weight is 229 g/mol. The molecule has 7 nitrogen and oxygen atoms in total. The Hall–Kier alpha value is -1.43. The van der Waals surface area contributed by atoms with E-state index in [1.54, 1.807) is 24.3 Å². The molecule has 15 heavy (non-hydrogen) atoms. The molecule has 0 fully saturated rings. The highest BCUT2D eigenvalue weighted by Gasteiger charge is 2.21. The molecular weight excluding hydrogens is 221 g/mol. The van der Waals surface area contributed by atoms with Crippen LogP contribution < -0.4 is 4.62 Å². The van der Waals surface area contributed by atoms with Gasteiger partial charge in [0.25, 0.3) is 0 Å². The summed E-state index contributed by atoms with van der Waals surface area (Å²) in [5, 5.41) is 15.8. The van der Waals surface area contributed by atoms with E-state index >= 15 is 0 Å². The number of aliphatic hydroxyl groups is 1. The van der Waals surface area contributed by atoms with E-state index in [9.17, 15) is 4.57 Å². The maximum atomic E-state index is 11.1. The van der Waals surface area contributed by atoms with Crippen LogP contribution in [0.2, 0.25) is 0 Å². The number of aliphatic hydroxyl groups excluding tert-OH is 1. The van der Waals surface area contributed by atoms with Gasteiger partial charge in [0.05, 0.1) is 0 Å². The van der Waals surface area contributed by atoms with E-state index in [-0.39, 0.29) is 0 Å². The molecule has 0 bridgehead atoms. The topological polar surface area (TPSA) is 97.5 Å². The van der Waals surface area contributed by atoms with Crippen LogP contribution in [0.4, 0.5) is 0 Å². The molecule has 0 aliphatic carbocycles. The lowest BCUT2D eigenvalue weighted by atomic mass is 10.3. The van der Waals surface area contributed by atoms with Gasteiger partial charge in [-0.25, -0.2) is 4.57 Å². The number of hydrogen-bond acceptors (Lipinski definition) is 5. The number of hydrogen-bond donors (Lipinski definition) is 2. The van der Waals surface area contributed by atoms with Gasteiger partial charge in [0.15, 0.2) is 6.35 Å². The number of nitrogens with zero attached hydrogens (tertiary/aromatic N) is 3. The predicted octanol–water partition coefficient (Wildman–Crippen LogP) is -0.00490. The fourth-order valence-corrected chi connectivity index (χ4v) is 1.47. The van der Waals surface area contributed by atoms with Gasteiger partial charge in [0.2, 0.25) is 0 Å². The normalized spacial score (nSPS) is 15.1. The minimum absolute atomic E-state index is 0.459. The minimum Gasteiger partial charge on any atom is -0.382 e. The average Bonchev–Trinajstić information content (AvgIpc) is 2.62. The van der Waals surface area contributed by atoms with Gasteiger partial charge in [-0.05, 0) is 17.3 Å². The fraction of sp³-hybridized carbons (Fsp3) is 0.143. The van der Waals surface area contributed by atoms with Crippen LogP contribution in [0, 0.1) is 0 Å². The molecule has 2 rings (SSSR count). The molecule has 1 aromatic carbocycles. The number of aromatic nitrogens is 3. The quantitative estimate of drug-likeness (QED) is 0.718. The van der Waals surface area contributed by atoms with E-state index in [0.29, 0.717) is 11.0 Å². The zero-order valence-corrected chi connectivity index (χ0v) is 8.41. The first-order valence-corrected chi connectivity index (χ1v) is 5.82. The zero-order chi connectivity index (χ0) is 10.9.